The summed E-state index contributed by atoms with van der Waals surface area (Å²) in [5, 5.41) is 0. The van der Waals surface area contributed by atoms with Crippen LogP contribution >= 0.6 is 0 Å². The maximum absolute atomic E-state index is 11.7. The van der Waals surface area contributed by atoms with E-state index in [0.29, 0.717) is 5.75 Å². The second kappa shape index (κ2) is 5.53. The lowest BCUT2D eigenvalue weighted by Crippen LogP contribution is -2.31. The number of rotatable bonds is 4. The van der Waals surface area contributed by atoms with Gasteiger partial charge in [0.2, 0.25) is 0 Å². The normalized spacial score (nSPS) is 10.7. The van der Waals surface area contributed by atoms with Crippen LogP contribution in [0.4, 0.5) is 4.79 Å². The van der Waals surface area contributed by atoms with Gasteiger partial charge in [0, 0.05) is 0 Å². The molecule has 0 saturated carbocycles. The molecule has 0 fully saturated rings. The zero-order valence-electron chi connectivity index (χ0n) is 9.47. The molecular formula is C10H13NO5S. The average Bonchev–Trinajstić information content (AvgIpc) is 2.28. The standard InChI is InChI=1S/C10H13NO5S/c1-3-16-10(12)11-17(13,14)9-6-4-8(15-2)5-7-9/h4-7H,3H2,1-2H3,(H,11,12). The van der Waals surface area contributed by atoms with Gasteiger partial charge < -0.3 is 9.47 Å². The lowest BCUT2D eigenvalue weighted by atomic mass is 10.3. The van der Waals surface area contributed by atoms with Crippen molar-refractivity contribution in [2.24, 2.45) is 0 Å². The smallest absolute Gasteiger partial charge is 0.421 e. The van der Waals surface area contributed by atoms with Gasteiger partial charge in [-0.2, -0.15) is 0 Å². The van der Waals surface area contributed by atoms with Crippen molar-refractivity contribution in [3.63, 3.8) is 0 Å². The summed E-state index contributed by atoms with van der Waals surface area (Å²) in [7, 11) is -2.41. The molecule has 17 heavy (non-hydrogen) atoms. The molecule has 0 spiro atoms. The summed E-state index contributed by atoms with van der Waals surface area (Å²) in [4.78, 5) is 11.0. The Bertz CT molecular complexity index is 480. The Morgan fingerprint density at radius 3 is 2.35 bits per heavy atom. The van der Waals surface area contributed by atoms with Crippen LogP contribution in [0, 0.1) is 0 Å². The summed E-state index contributed by atoms with van der Waals surface area (Å²) in [6.07, 6.45) is -0.997. The molecule has 0 aromatic heterocycles. The first-order chi connectivity index (χ1) is 7.99. The number of amides is 1. The van der Waals surface area contributed by atoms with Crippen molar-refractivity contribution in [3.05, 3.63) is 24.3 Å². The lowest BCUT2D eigenvalue weighted by molar-refractivity contribution is 0.158. The fraction of sp³-hybridized carbons (Fsp3) is 0.300. The molecule has 1 amide bonds. The zero-order valence-corrected chi connectivity index (χ0v) is 10.3. The van der Waals surface area contributed by atoms with Gasteiger partial charge in [0.25, 0.3) is 10.0 Å². The van der Waals surface area contributed by atoms with E-state index >= 15 is 0 Å². The van der Waals surface area contributed by atoms with E-state index in [1.165, 1.54) is 31.4 Å². The predicted molar refractivity (Wildman–Crippen MR) is 60.3 cm³/mol. The van der Waals surface area contributed by atoms with E-state index in [1.807, 2.05) is 0 Å². The molecule has 7 heteroatoms. The van der Waals surface area contributed by atoms with E-state index in [9.17, 15) is 13.2 Å². The predicted octanol–water partition coefficient (Wildman–Crippen LogP) is 1.13. The molecule has 1 aromatic carbocycles. The molecule has 0 saturated heterocycles. The number of ether oxygens (including phenoxy) is 2. The molecule has 6 nitrogen and oxygen atoms in total. The second-order valence-corrected chi connectivity index (χ2v) is 4.68. The van der Waals surface area contributed by atoms with Crippen molar-refractivity contribution in [1.82, 2.24) is 4.72 Å². The van der Waals surface area contributed by atoms with Crippen LogP contribution in [0.5, 0.6) is 5.75 Å². The Morgan fingerprint density at radius 2 is 1.88 bits per heavy atom. The molecule has 0 aliphatic heterocycles. The number of carbonyl (C=O) groups is 1. The minimum Gasteiger partial charge on any atom is -0.497 e. The van der Waals surface area contributed by atoms with Crippen molar-refractivity contribution >= 4 is 16.1 Å². The minimum atomic E-state index is -3.89. The van der Waals surface area contributed by atoms with Crippen LogP contribution in [0.1, 0.15) is 6.92 Å². The minimum absolute atomic E-state index is 0.0358. The van der Waals surface area contributed by atoms with E-state index in [2.05, 4.69) is 4.74 Å². The number of hydrogen-bond donors (Lipinski definition) is 1. The largest absolute Gasteiger partial charge is 0.497 e. The third-order valence-electron chi connectivity index (χ3n) is 1.86. The molecule has 0 atom stereocenters. The van der Waals surface area contributed by atoms with Gasteiger partial charge in [-0.3, -0.25) is 0 Å². The van der Waals surface area contributed by atoms with Gasteiger partial charge in [0.05, 0.1) is 18.6 Å². The highest BCUT2D eigenvalue weighted by molar-refractivity contribution is 7.90. The van der Waals surface area contributed by atoms with Gasteiger partial charge in [-0.1, -0.05) is 0 Å². The Labute approximate surface area is 99.6 Å². The summed E-state index contributed by atoms with van der Waals surface area (Å²) >= 11 is 0. The third kappa shape index (κ3) is 3.63. The molecule has 94 valence electrons. The van der Waals surface area contributed by atoms with Crippen LogP contribution in [0.15, 0.2) is 29.2 Å². The maximum Gasteiger partial charge on any atom is 0.421 e. The topological polar surface area (TPSA) is 81.7 Å². The molecule has 1 rings (SSSR count). The van der Waals surface area contributed by atoms with Crippen LogP contribution in [0.2, 0.25) is 0 Å². The first kappa shape index (κ1) is 13.3. The number of methoxy groups -OCH3 is 1. The Balaban J connectivity index is 2.85. The van der Waals surface area contributed by atoms with Crippen molar-refractivity contribution in [2.45, 2.75) is 11.8 Å². The number of nitrogens with one attached hydrogen (secondary N) is 1. The molecule has 0 heterocycles. The fourth-order valence-electron chi connectivity index (χ4n) is 1.08. The number of sulfonamides is 1. The van der Waals surface area contributed by atoms with Crippen LogP contribution in [0.25, 0.3) is 0 Å². The molecule has 0 bridgehead atoms. The van der Waals surface area contributed by atoms with Crippen molar-refractivity contribution in [1.29, 1.82) is 0 Å². The first-order valence-electron chi connectivity index (χ1n) is 4.83. The van der Waals surface area contributed by atoms with Crippen LogP contribution in [-0.2, 0) is 14.8 Å². The van der Waals surface area contributed by atoms with Gasteiger partial charge in [-0.05, 0) is 31.2 Å². The van der Waals surface area contributed by atoms with Gasteiger partial charge in [-0.25, -0.2) is 17.9 Å². The number of benzene rings is 1. The van der Waals surface area contributed by atoms with Crippen molar-refractivity contribution in [2.75, 3.05) is 13.7 Å². The Hall–Kier alpha value is -1.76. The van der Waals surface area contributed by atoms with Gasteiger partial charge in [0.15, 0.2) is 0 Å². The molecular weight excluding hydrogens is 246 g/mol. The molecule has 1 N–H and O–H groups in total. The summed E-state index contributed by atoms with van der Waals surface area (Å²) in [6, 6.07) is 5.64. The first-order valence-corrected chi connectivity index (χ1v) is 6.31. The van der Waals surface area contributed by atoms with Crippen LogP contribution < -0.4 is 9.46 Å². The highest BCUT2D eigenvalue weighted by Gasteiger charge is 2.17. The summed E-state index contributed by atoms with van der Waals surface area (Å²) in [6.45, 7) is 1.68. The Kier molecular flexibility index (Phi) is 4.33. The highest BCUT2D eigenvalue weighted by Crippen LogP contribution is 2.15. The molecule has 0 radical (unpaired) electrons. The third-order valence-corrected chi connectivity index (χ3v) is 3.19. The zero-order chi connectivity index (χ0) is 12.9. The highest BCUT2D eigenvalue weighted by atomic mass is 32.2. The second-order valence-electron chi connectivity index (χ2n) is 3.00. The lowest BCUT2D eigenvalue weighted by Gasteiger charge is -2.07. The monoisotopic (exact) mass is 259 g/mol. The Morgan fingerprint density at radius 1 is 1.29 bits per heavy atom. The summed E-state index contributed by atoms with van der Waals surface area (Å²) in [5.74, 6) is 0.528. The van der Waals surface area contributed by atoms with Gasteiger partial charge in [-0.15, -0.1) is 0 Å². The fourth-order valence-corrected chi connectivity index (χ4v) is 1.97. The quantitative estimate of drug-likeness (QED) is 0.876. The van der Waals surface area contributed by atoms with Crippen LogP contribution in [-0.4, -0.2) is 28.2 Å². The van der Waals surface area contributed by atoms with E-state index < -0.39 is 16.1 Å². The van der Waals surface area contributed by atoms with Crippen molar-refractivity contribution < 1.29 is 22.7 Å². The van der Waals surface area contributed by atoms with E-state index in [4.69, 9.17) is 4.74 Å². The summed E-state index contributed by atoms with van der Waals surface area (Å²) < 4.78 is 34.5. The van der Waals surface area contributed by atoms with E-state index in [1.54, 1.807) is 11.6 Å². The van der Waals surface area contributed by atoms with Gasteiger partial charge in [0.1, 0.15) is 5.75 Å². The molecule has 0 aliphatic rings. The van der Waals surface area contributed by atoms with Gasteiger partial charge >= 0.3 is 6.09 Å². The van der Waals surface area contributed by atoms with E-state index in [0.717, 1.165) is 0 Å². The average molecular weight is 259 g/mol. The molecule has 0 unspecified atom stereocenters. The maximum atomic E-state index is 11.7. The number of carbonyl (C=O) groups excluding carboxylic acids is 1. The molecule has 1 aromatic rings. The van der Waals surface area contributed by atoms with Crippen LogP contribution in [0.3, 0.4) is 0 Å². The van der Waals surface area contributed by atoms with Crippen molar-refractivity contribution in [3.8, 4) is 5.75 Å². The summed E-state index contributed by atoms with van der Waals surface area (Å²) in [5.41, 5.74) is 0. The SMILES string of the molecule is CCOC(=O)NS(=O)(=O)c1ccc(OC)cc1. The van der Waals surface area contributed by atoms with E-state index in [-0.39, 0.29) is 11.5 Å². The molecule has 0 aliphatic carbocycles. The number of hydrogen-bond acceptors (Lipinski definition) is 5.